The van der Waals surface area contributed by atoms with E-state index in [0.717, 1.165) is 5.39 Å². The van der Waals surface area contributed by atoms with Crippen molar-refractivity contribution in [2.75, 3.05) is 12.4 Å². The third-order valence-electron chi connectivity index (χ3n) is 4.26. The predicted molar refractivity (Wildman–Crippen MR) is 107 cm³/mol. The summed E-state index contributed by atoms with van der Waals surface area (Å²) in [6.45, 7) is 0. The van der Waals surface area contributed by atoms with E-state index in [0.29, 0.717) is 28.2 Å². The summed E-state index contributed by atoms with van der Waals surface area (Å²) in [5.74, 6) is 0.238. The maximum Gasteiger partial charge on any atom is 0.346 e. The summed E-state index contributed by atoms with van der Waals surface area (Å²) in [5, 5.41) is 3.71. The molecule has 0 saturated heterocycles. The maximum absolute atomic E-state index is 12.7. The van der Waals surface area contributed by atoms with Gasteiger partial charge in [-0.25, -0.2) is 4.79 Å². The Bertz CT molecular complexity index is 1210. The van der Waals surface area contributed by atoms with Crippen LogP contribution < -0.4 is 15.7 Å². The zero-order valence-electron chi connectivity index (χ0n) is 15.0. The number of fused-ring (bicyclic) bond motifs is 1. The van der Waals surface area contributed by atoms with Crippen molar-refractivity contribution in [2.24, 2.45) is 0 Å². The second-order valence-electron chi connectivity index (χ2n) is 6.05. The van der Waals surface area contributed by atoms with Crippen LogP contribution in [0.4, 0.5) is 5.69 Å². The number of ether oxygens (including phenoxy) is 1. The zero-order valence-corrected chi connectivity index (χ0v) is 15.0. The number of aromatic nitrogens is 3. The normalized spacial score (nSPS) is 10.6. The topological polar surface area (TPSA) is 97.0 Å². The first-order valence-electron chi connectivity index (χ1n) is 8.55. The molecule has 2 N–H and O–H groups in total. The number of methoxy groups -OCH3 is 1. The van der Waals surface area contributed by atoms with Gasteiger partial charge in [0.25, 0.3) is 5.91 Å². The number of amides is 1. The van der Waals surface area contributed by atoms with Crippen molar-refractivity contribution in [3.05, 3.63) is 83.0 Å². The molecule has 0 aliphatic carbocycles. The molecule has 138 valence electrons. The summed E-state index contributed by atoms with van der Waals surface area (Å²) >= 11 is 0. The van der Waals surface area contributed by atoms with E-state index in [4.69, 9.17) is 4.74 Å². The van der Waals surface area contributed by atoms with Gasteiger partial charge < -0.3 is 15.0 Å². The van der Waals surface area contributed by atoms with Crippen LogP contribution in [0.2, 0.25) is 0 Å². The first kappa shape index (κ1) is 17.4. The Hall–Kier alpha value is -4.00. The number of carbonyl (C=O) groups excluding carboxylic acids is 1. The molecule has 2 heterocycles. The largest absolute Gasteiger partial charge is 0.497 e. The third kappa shape index (κ3) is 3.45. The van der Waals surface area contributed by atoms with Crippen LogP contribution in [0.15, 0.2) is 71.7 Å². The van der Waals surface area contributed by atoms with E-state index in [9.17, 15) is 9.59 Å². The van der Waals surface area contributed by atoms with Crippen molar-refractivity contribution < 1.29 is 9.53 Å². The number of nitrogens with zero attached hydrogens (tertiary/aromatic N) is 2. The van der Waals surface area contributed by atoms with E-state index >= 15 is 0 Å². The van der Waals surface area contributed by atoms with E-state index in [-0.39, 0.29) is 5.69 Å². The number of aromatic amines is 1. The first-order valence-corrected chi connectivity index (χ1v) is 8.55. The van der Waals surface area contributed by atoms with Crippen molar-refractivity contribution in [1.29, 1.82) is 0 Å². The fourth-order valence-electron chi connectivity index (χ4n) is 2.88. The molecule has 0 spiro atoms. The van der Waals surface area contributed by atoms with Crippen LogP contribution in [0, 0.1) is 0 Å². The molecule has 0 fully saturated rings. The molecular weight excluding hydrogens is 356 g/mol. The predicted octanol–water partition coefficient (Wildman–Crippen LogP) is 3.25. The molecule has 4 aromatic rings. The monoisotopic (exact) mass is 372 g/mol. The van der Waals surface area contributed by atoms with Gasteiger partial charge in [-0.3, -0.25) is 9.78 Å². The van der Waals surface area contributed by atoms with Crippen molar-refractivity contribution in [3.8, 4) is 17.0 Å². The Kier molecular flexibility index (Phi) is 4.55. The lowest BCUT2D eigenvalue weighted by Crippen LogP contribution is -2.21. The number of hydrogen-bond donors (Lipinski definition) is 2. The van der Waals surface area contributed by atoms with Crippen LogP contribution in [0.25, 0.3) is 22.2 Å². The van der Waals surface area contributed by atoms with Crippen molar-refractivity contribution >= 4 is 22.5 Å². The third-order valence-corrected chi connectivity index (χ3v) is 4.26. The molecule has 4 rings (SSSR count). The highest BCUT2D eigenvalue weighted by molar-refractivity contribution is 6.07. The average molecular weight is 372 g/mol. The SMILES string of the molecule is COc1ccc(-c2cc(C(=O)Nc3cccc4cccnc34)[nH]c(=O)n2)cc1. The highest BCUT2D eigenvalue weighted by atomic mass is 16.5. The van der Waals surface area contributed by atoms with Gasteiger partial charge in [-0.15, -0.1) is 0 Å². The lowest BCUT2D eigenvalue weighted by Gasteiger charge is -2.09. The van der Waals surface area contributed by atoms with Crippen molar-refractivity contribution in [1.82, 2.24) is 15.0 Å². The summed E-state index contributed by atoms with van der Waals surface area (Å²) in [6, 6.07) is 17.9. The maximum atomic E-state index is 12.7. The van der Waals surface area contributed by atoms with Crippen LogP contribution in [-0.2, 0) is 0 Å². The molecule has 7 heteroatoms. The van der Waals surface area contributed by atoms with E-state index in [1.165, 1.54) is 6.07 Å². The molecule has 0 bridgehead atoms. The van der Waals surface area contributed by atoms with Crippen LogP contribution >= 0.6 is 0 Å². The molecule has 2 aromatic heterocycles. The van der Waals surface area contributed by atoms with E-state index in [2.05, 4.69) is 20.3 Å². The van der Waals surface area contributed by atoms with Gasteiger partial charge in [0.1, 0.15) is 11.4 Å². The quantitative estimate of drug-likeness (QED) is 0.573. The molecule has 0 aliphatic heterocycles. The fraction of sp³-hybridized carbons (Fsp3) is 0.0476. The molecule has 0 unspecified atom stereocenters. The molecular formula is C21H16N4O3. The highest BCUT2D eigenvalue weighted by Gasteiger charge is 2.13. The molecule has 7 nitrogen and oxygen atoms in total. The molecule has 2 aromatic carbocycles. The van der Waals surface area contributed by atoms with Gasteiger partial charge in [0, 0.05) is 17.1 Å². The number of anilines is 1. The summed E-state index contributed by atoms with van der Waals surface area (Å²) in [6.07, 6.45) is 1.66. The minimum absolute atomic E-state index is 0.110. The zero-order chi connectivity index (χ0) is 19.5. The van der Waals surface area contributed by atoms with E-state index < -0.39 is 11.6 Å². The number of pyridine rings is 1. The molecule has 1 amide bonds. The Morgan fingerprint density at radius 2 is 1.86 bits per heavy atom. The second kappa shape index (κ2) is 7.32. The number of nitrogens with one attached hydrogen (secondary N) is 2. The van der Waals surface area contributed by atoms with Gasteiger partial charge in [-0.05, 0) is 42.5 Å². The minimum atomic E-state index is -0.602. The second-order valence-corrected chi connectivity index (χ2v) is 6.05. The number of hydrogen-bond acceptors (Lipinski definition) is 5. The van der Waals surface area contributed by atoms with Crippen molar-refractivity contribution in [2.45, 2.75) is 0 Å². The van der Waals surface area contributed by atoms with E-state index in [1.807, 2.05) is 24.3 Å². The summed E-state index contributed by atoms with van der Waals surface area (Å²) < 4.78 is 5.13. The van der Waals surface area contributed by atoms with Crippen LogP contribution in [0.3, 0.4) is 0 Å². The smallest absolute Gasteiger partial charge is 0.346 e. The summed E-state index contributed by atoms with van der Waals surface area (Å²) in [5.41, 5.74) is 1.84. The number of rotatable bonds is 4. The lowest BCUT2D eigenvalue weighted by molar-refractivity contribution is 0.102. The van der Waals surface area contributed by atoms with Gasteiger partial charge in [0.2, 0.25) is 0 Å². The minimum Gasteiger partial charge on any atom is -0.497 e. The summed E-state index contributed by atoms with van der Waals surface area (Å²) in [4.78, 5) is 35.5. The van der Waals surface area contributed by atoms with Gasteiger partial charge in [-0.1, -0.05) is 18.2 Å². The van der Waals surface area contributed by atoms with Gasteiger partial charge in [0.15, 0.2) is 0 Å². The fourth-order valence-corrected chi connectivity index (χ4v) is 2.88. The standard InChI is InChI=1S/C21H16N4O3/c1-28-15-9-7-13(8-10-15)17-12-18(25-21(27)24-17)20(26)23-16-6-2-4-14-5-3-11-22-19(14)16/h2-12H,1H3,(H,23,26)(H,24,25,27). The number of carbonyl (C=O) groups is 1. The molecule has 28 heavy (non-hydrogen) atoms. The van der Waals surface area contributed by atoms with Gasteiger partial charge >= 0.3 is 5.69 Å². The number of para-hydroxylation sites is 1. The first-order chi connectivity index (χ1) is 13.6. The van der Waals surface area contributed by atoms with Gasteiger partial charge in [-0.2, -0.15) is 4.98 Å². The van der Waals surface area contributed by atoms with Crippen LogP contribution in [0.5, 0.6) is 5.75 Å². The highest BCUT2D eigenvalue weighted by Crippen LogP contribution is 2.22. The number of benzene rings is 2. The Morgan fingerprint density at radius 1 is 1.07 bits per heavy atom. The average Bonchev–Trinajstić information content (AvgIpc) is 2.73. The molecule has 0 radical (unpaired) electrons. The Labute approximate surface area is 160 Å². The summed E-state index contributed by atoms with van der Waals surface area (Å²) in [7, 11) is 1.57. The molecule has 0 aliphatic rings. The number of H-pyrrole nitrogens is 1. The van der Waals surface area contributed by atoms with Crippen molar-refractivity contribution in [3.63, 3.8) is 0 Å². The lowest BCUT2D eigenvalue weighted by atomic mass is 10.1. The van der Waals surface area contributed by atoms with E-state index in [1.54, 1.807) is 43.6 Å². The van der Waals surface area contributed by atoms with Crippen LogP contribution in [0.1, 0.15) is 10.5 Å². The Balaban J connectivity index is 1.67. The van der Waals surface area contributed by atoms with Gasteiger partial charge in [0.05, 0.1) is 24.0 Å². The molecule has 0 saturated carbocycles. The molecule has 0 atom stereocenters. The Morgan fingerprint density at radius 3 is 2.64 bits per heavy atom. The van der Waals surface area contributed by atoms with Crippen LogP contribution in [-0.4, -0.2) is 28.0 Å².